The predicted octanol–water partition coefficient (Wildman–Crippen LogP) is 8.67. The van der Waals surface area contributed by atoms with Gasteiger partial charge in [0.05, 0.1) is 0 Å². The zero-order valence-corrected chi connectivity index (χ0v) is 26.1. The highest BCUT2D eigenvalue weighted by Crippen LogP contribution is 2.16. The summed E-state index contributed by atoms with van der Waals surface area (Å²) in [5.41, 5.74) is 2.95. The van der Waals surface area contributed by atoms with Gasteiger partial charge in [-0.2, -0.15) is 0 Å². The third-order valence-electron chi connectivity index (χ3n) is 7.46. The van der Waals surface area contributed by atoms with Gasteiger partial charge in [0.25, 0.3) is 0 Å². The van der Waals surface area contributed by atoms with Gasteiger partial charge in [0.15, 0.2) is 0 Å². The topological polar surface area (TPSA) is 65.0 Å². The smallest absolute Gasteiger partial charge is 0.306 e. The Hall–Kier alpha value is -0.690. The lowest BCUT2D eigenvalue weighted by atomic mass is 10.0. The van der Waals surface area contributed by atoms with Crippen molar-refractivity contribution in [1.82, 2.24) is 15.5 Å². The molecular formula is C32H67N3O3. The average Bonchev–Trinajstić information content (AvgIpc) is 2.89. The van der Waals surface area contributed by atoms with E-state index in [2.05, 4.69) is 31.1 Å². The number of esters is 1. The van der Waals surface area contributed by atoms with Crippen molar-refractivity contribution in [2.24, 2.45) is 0 Å². The molecule has 0 spiro atoms. The Kier molecular flexibility index (Phi) is 28.8. The SMILES string of the molecule is CCCCCCCCC(CCC)OC(=O)CCCCCCCN(CCCCCCCC)CCCNN(C)O. The van der Waals surface area contributed by atoms with Crippen molar-refractivity contribution in [3.63, 3.8) is 0 Å². The molecule has 38 heavy (non-hydrogen) atoms. The summed E-state index contributed by atoms with van der Waals surface area (Å²) < 4.78 is 5.84. The summed E-state index contributed by atoms with van der Waals surface area (Å²) in [5, 5.41) is 10.3. The fourth-order valence-electron chi connectivity index (χ4n) is 5.11. The van der Waals surface area contributed by atoms with E-state index in [1.807, 2.05) is 0 Å². The molecule has 0 aromatic heterocycles. The predicted molar refractivity (Wildman–Crippen MR) is 162 cm³/mol. The number of hydroxylamine groups is 1. The van der Waals surface area contributed by atoms with Crippen LogP contribution in [0.25, 0.3) is 0 Å². The molecule has 0 rings (SSSR count). The molecule has 0 amide bonds. The van der Waals surface area contributed by atoms with E-state index in [4.69, 9.17) is 4.74 Å². The van der Waals surface area contributed by atoms with E-state index in [1.165, 1.54) is 103 Å². The maximum Gasteiger partial charge on any atom is 0.306 e. The van der Waals surface area contributed by atoms with Gasteiger partial charge in [-0.05, 0) is 64.6 Å². The van der Waals surface area contributed by atoms with E-state index in [0.717, 1.165) is 63.3 Å². The molecule has 0 aliphatic heterocycles. The molecule has 228 valence electrons. The van der Waals surface area contributed by atoms with Gasteiger partial charge in [0.2, 0.25) is 0 Å². The monoisotopic (exact) mass is 542 g/mol. The number of ether oxygens (including phenoxy) is 1. The van der Waals surface area contributed by atoms with Crippen molar-refractivity contribution in [2.45, 2.75) is 168 Å². The highest BCUT2D eigenvalue weighted by atomic mass is 16.5. The van der Waals surface area contributed by atoms with Crippen LogP contribution in [0.2, 0.25) is 0 Å². The minimum absolute atomic E-state index is 0.0154. The van der Waals surface area contributed by atoms with Crippen LogP contribution in [0, 0.1) is 0 Å². The van der Waals surface area contributed by atoms with Gasteiger partial charge >= 0.3 is 5.97 Å². The molecule has 0 bridgehead atoms. The first kappa shape index (κ1) is 37.3. The van der Waals surface area contributed by atoms with Crippen LogP contribution in [-0.4, -0.2) is 60.6 Å². The van der Waals surface area contributed by atoms with E-state index in [1.54, 1.807) is 7.05 Å². The summed E-state index contributed by atoms with van der Waals surface area (Å²) >= 11 is 0. The second-order valence-electron chi connectivity index (χ2n) is 11.4. The number of nitrogens with one attached hydrogen (secondary N) is 1. The van der Waals surface area contributed by atoms with E-state index in [0.29, 0.717) is 6.42 Å². The Bertz CT molecular complexity index is 491. The summed E-state index contributed by atoms with van der Waals surface area (Å²) in [6, 6.07) is 0. The fraction of sp³-hybridized carbons (Fsp3) is 0.969. The van der Waals surface area contributed by atoms with Gasteiger partial charge in [0.1, 0.15) is 6.10 Å². The van der Waals surface area contributed by atoms with Crippen LogP contribution >= 0.6 is 0 Å². The number of rotatable bonds is 30. The fourth-order valence-corrected chi connectivity index (χ4v) is 5.11. The van der Waals surface area contributed by atoms with E-state index in [-0.39, 0.29) is 12.1 Å². The summed E-state index contributed by atoms with van der Waals surface area (Å²) in [7, 11) is 1.62. The van der Waals surface area contributed by atoms with Gasteiger partial charge in [-0.15, -0.1) is 5.17 Å². The zero-order chi connectivity index (χ0) is 28.1. The van der Waals surface area contributed by atoms with Gasteiger partial charge < -0.3 is 9.64 Å². The van der Waals surface area contributed by atoms with E-state index >= 15 is 0 Å². The lowest BCUT2D eigenvalue weighted by molar-refractivity contribution is -0.150. The molecule has 6 heteroatoms. The summed E-state index contributed by atoms with van der Waals surface area (Å²) in [4.78, 5) is 15.0. The normalized spacial score (nSPS) is 12.5. The van der Waals surface area contributed by atoms with Crippen molar-refractivity contribution >= 4 is 5.97 Å². The molecule has 0 saturated heterocycles. The number of carbonyl (C=O) groups is 1. The van der Waals surface area contributed by atoms with Crippen LogP contribution in [0.15, 0.2) is 0 Å². The Morgan fingerprint density at radius 1 is 0.658 bits per heavy atom. The van der Waals surface area contributed by atoms with Crippen molar-refractivity contribution < 1.29 is 14.7 Å². The van der Waals surface area contributed by atoms with Crippen LogP contribution < -0.4 is 5.43 Å². The molecule has 0 radical (unpaired) electrons. The minimum atomic E-state index is 0.0154. The van der Waals surface area contributed by atoms with Crippen LogP contribution in [0.4, 0.5) is 0 Å². The maximum absolute atomic E-state index is 12.4. The summed E-state index contributed by atoms with van der Waals surface area (Å²) in [6.45, 7) is 10.9. The minimum Gasteiger partial charge on any atom is -0.462 e. The highest BCUT2D eigenvalue weighted by Gasteiger charge is 2.13. The zero-order valence-electron chi connectivity index (χ0n) is 26.1. The molecule has 6 nitrogen and oxygen atoms in total. The van der Waals surface area contributed by atoms with E-state index < -0.39 is 0 Å². The van der Waals surface area contributed by atoms with E-state index in [9.17, 15) is 10.0 Å². The molecule has 2 N–H and O–H groups in total. The second kappa shape index (κ2) is 29.3. The number of unbranched alkanes of at least 4 members (excludes halogenated alkanes) is 14. The molecule has 0 fully saturated rings. The Morgan fingerprint density at radius 3 is 1.71 bits per heavy atom. The number of carbonyl (C=O) groups excluding carboxylic acids is 1. The average molecular weight is 542 g/mol. The van der Waals surface area contributed by atoms with Gasteiger partial charge in [-0.1, -0.05) is 111 Å². The molecule has 0 aromatic carbocycles. The van der Waals surface area contributed by atoms with Crippen LogP contribution in [0.3, 0.4) is 0 Å². The first-order valence-corrected chi connectivity index (χ1v) is 16.6. The van der Waals surface area contributed by atoms with Crippen molar-refractivity contribution in [1.29, 1.82) is 0 Å². The Labute approximate surface area is 237 Å². The number of hydrogen-bond donors (Lipinski definition) is 2. The first-order valence-electron chi connectivity index (χ1n) is 16.6. The van der Waals surface area contributed by atoms with Gasteiger partial charge in [-0.25, -0.2) is 5.43 Å². The van der Waals surface area contributed by atoms with Crippen molar-refractivity contribution in [2.75, 3.05) is 33.2 Å². The third-order valence-corrected chi connectivity index (χ3v) is 7.46. The molecule has 0 aliphatic rings. The third kappa shape index (κ3) is 26.9. The quantitative estimate of drug-likeness (QED) is 0.0539. The standard InChI is InChI=1S/C32H67N3O3/c1-5-8-10-12-15-19-25-31(24-7-3)38-32(36)26-20-16-14-18-22-29-35(30-23-27-33-34(4)37)28-21-17-13-11-9-6-2/h31,33,37H,5-30H2,1-4H3. The largest absolute Gasteiger partial charge is 0.462 e. The second-order valence-corrected chi connectivity index (χ2v) is 11.4. The summed E-state index contributed by atoms with van der Waals surface area (Å²) in [6.07, 6.45) is 26.4. The van der Waals surface area contributed by atoms with Gasteiger partial charge in [0, 0.05) is 20.0 Å². The lowest BCUT2D eigenvalue weighted by Crippen LogP contribution is -2.34. The molecule has 0 saturated carbocycles. The Balaban J connectivity index is 4.01. The molecule has 1 atom stereocenters. The summed E-state index contributed by atoms with van der Waals surface area (Å²) in [5.74, 6) is 0.0154. The van der Waals surface area contributed by atoms with Crippen LogP contribution in [0.1, 0.15) is 162 Å². The van der Waals surface area contributed by atoms with Crippen LogP contribution in [-0.2, 0) is 9.53 Å². The van der Waals surface area contributed by atoms with Gasteiger partial charge in [-0.3, -0.25) is 10.0 Å². The molecular weight excluding hydrogens is 474 g/mol. The van der Waals surface area contributed by atoms with Crippen molar-refractivity contribution in [3.8, 4) is 0 Å². The molecule has 0 aromatic rings. The lowest BCUT2D eigenvalue weighted by Gasteiger charge is -2.23. The Morgan fingerprint density at radius 2 is 1.16 bits per heavy atom. The number of hydrazine groups is 1. The highest BCUT2D eigenvalue weighted by molar-refractivity contribution is 5.69. The molecule has 0 aliphatic carbocycles. The van der Waals surface area contributed by atoms with Crippen LogP contribution in [0.5, 0.6) is 0 Å². The molecule has 0 heterocycles. The number of hydrogen-bond acceptors (Lipinski definition) is 6. The maximum atomic E-state index is 12.4. The van der Waals surface area contributed by atoms with Crippen molar-refractivity contribution in [3.05, 3.63) is 0 Å². The first-order chi connectivity index (χ1) is 18.5. The molecule has 1 unspecified atom stereocenters. The number of nitrogens with zero attached hydrogens (tertiary/aromatic N) is 2.